The quantitative estimate of drug-likeness (QED) is 0.296. The second kappa shape index (κ2) is 11.5. The molecule has 0 aliphatic carbocycles. The van der Waals surface area contributed by atoms with E-state index in [1.807, 2.05) is 0 Å². The summed E-state index contributed by atoms with van der Waals surface area (Å²) in [4.78, 5) is 67.2. The van der Waals surface area contributed by atoms with E-state index in [1.165, 1.54) is 22.9 Å². The molecule has 43 heavy (non-hydrogen) atoms. The van der Waals surface area contributed by atoms with Gasteiger partial charge in [-0.15, -0.1) is 0 Å². The van der Waals surface area contributed by atoms with Gasteiger partial charge in [0.25, 0.3) is 11.8 Å². The van der Waals surface area contributed by atoms with Crippen LogP contribution in [-0.2, 0) is 20.8 Å². The van der Waals surface area contributed by atoms with E-state index >= 15 is 0 Å². The van der Waals surface area contributed by atoms with Crippen LogP contribution >= 0.6 is 0 Å². The highest BCUT2D eigenvalue weighted by molar-refractivity contribution is 6.21. The number of hydrazine groups is 1. The van der Waals surface area contributed by atoms with Gasteiger partial charge >= 0.3 is 18.1 Å². The van der Waals surface area contributed by atoms with E-state index in [4.69, 9.17) is 9.47 Å². The van der Waals surface area contributed by atoms with Crippen molar-refractivity contribution < 1.29 is 33.4 Å². The van der Waals surface area contributed by atoms with Gasteiger partial charge in [0.2, 0.25) is 0 Å². The number of hydrogen-bond donors (Lipinski definition) is 1. The Hall–Kier alpha value is -4.67. The Kier molecular flexibility index (Phi) is 8.39. The molecule has 11 nitrogen and oxygen atoms in total. The Bertz CT molecular complexity index is 1560. The molecular weight excluding hydrogens is 552 g/mol. The SMILES string of the molecule is CC(C)C(NC(=O)N(Cc1cn(C(=O)OC(C)(C)C)c2ccccc12)N1C(=O)c2ccccc2C1=O)C(=O)OC(C)(C)C. The van der Waals surface area contributed by atoms with Crippen molar-refractivity contribution in [3.8, 4) is 0 Å². The van der Waals surface area contributed by atoms with Crippen molar-refractivity contribution in [1.82, 2.24) is 19.9 Å². The number of ether oxygens (including phenoxy) is 2. The molecule has 1 aliphatic rings. The molecule has 4 rings (SSSR count). The lowest BCUT2D eigenvalue weighted by atomic mass is 10.0. The maximum absolute atomic E-state index is 14.0. The third-order valence-electron chi connectivity index (χ3n) is 6.56. The Balaban J connectivity index is 1.77. The number of carbonyl (C=O) groups excluding carboxylic acids is 5. The van der Waals surface area contributed by atoms with Crippen LogP contribution < -0.4 is 5.32 Å². The fraction of sp³-hybridized carbons (Fsp3) is 0.406. The van der Waals surface area contributed by atoms with Gasteiger partial charge in [-0.2, -0.15) is 5.01 Å². The van der Waals surface area contributed by atoms with E-state index < -0.39 is 47.2 Å². The fourth-order valence-electron chi connectivity index (χ4n) is 4.70. The van der Waals surface area contributed by atoms with E-state index in [2.05, 4.69) is 5.32 Å². The molecule has 3 aromatic rings. The lowest BCUT2D eigenvalue weighted by molar-refractivity contribution is -0.158. The Morgan fingerprint density at radius 2 is 1.37 bits per heavy atom. The third kappa shape index (κ3) is 6.71. The molecule has 0 saturated carbocycles. The first-order chi connectivity index (χ1) is 20.0. The first-order valence-electron chi connectivity index (χ1n) is 14.1. The molecule has 228 valence electrons. The van der Waals surface area contributed by atoms with Crippen molar-refractivity contribution in [2.45, 2.75) is 79.2 Å². The number of esters is 1. The summed E-state index contributed by atoms with van der Waals surface area (Å²) < 4.78 is 12.4. The summed E-state index contributed by atoms with van der Waals surface area (Å²) >= 11 is 0. The maximum Gasteiger partial charge on any atom is 0.419 e. The van der Waals surface area contributed by atoms with Gasteiger partial charge in [0.1, 0.15) is 17.2 Å². The summed E-state index contributed by atoms with van der Waals surface area (Å²) in [6, 6.07) is 11.4. The van der Waals surface area contributed by atoms with Gasteiger partial charge in [0, 0.05) is 11.6 Å². The van der Waals surface area contributed by atoms with E-state index in [1.54, 1.807) is 91.8 Å². The molecule has 1 N–H and O–H groups in total. The van der Waals surface area contributed by atoms with Crippen molar-refractivity contribution in [3.05, 3.63) is 71.4 Å². The summed E-state index contributed by atoms with van der Waals surface area (Å²) in [6.45, 7) is 13.6. The zero-order valence-corrected chi connectivity index (χ0v) is 25.8. The summed E-state index contributed by atoms with van der Waals surface area (Å²) in [5.74, 6) is -2.41. The number of aromatic nitrogens is 1. The molecule has 2 heterocycles. The minimum atomic E-state index is -1.08. The molecular formula is C32H38N4O7. The molecule has 4 amide bonds. The van der Waals surface area contributed by atoms with Crippen LogP contribution in [0.5, 0.6) is 0 Å². The van der Waals surface area contributed by atoms with Gasteiger partial charge in [-0.25, -0.2) is 19.4 Å². The van der Waals surface area contributed by atoms with E-state index in [0.29, 0.717) is 16.5 Å². The smallest absolute Gasteiger partial charge is 0.419 e. The van der Waals surface area contributed by atoms with Crippen molar-refractivity contribution in [3.63, 3.8) is 0 Å². The number of nitrogens with zero attached hydrogens (tertiary/aromatic N) is 3. The van der Waals surface area contributed by atoms with Gasteiger partial charge in [-0.05, 0) is 71.2 Å². The minimum Gasteiger partial charge on any atom is -0.458 e. The van der Waals surface area contributed by atoms with Crippen LogP contribution in [-0.4, -0.2) is 61.7 Å². The van der Waals surface area contributed by atoms with E-state index in [-0.39, 0.29) is 23.6 Å². The first kappa shape index (κ1) is 31.3. The largest absolute Gasteiger partial charge is 0.458 e. The van der Waals surface area contributed by atoms with Crippen LogP contribution in [0.3, 0.4) is 0 Å². The molecule has 0 saturated heterocycles. The molecule has 0 radical (unpaired) electrons. The van der Waals surface area contributed by atoms with Gasteiger partial charge in [0.05, 0.1) is 23.2 Å². The van der Waals surface area contributed by atoms with Crippen LogP contribution in [0, 0.1) is 5.92 Å². The zero-order chi connectivity index (χ0) is 31.9. The average Bonchev–Trinajstić information content (AvgIpc) is 3.38. The lowest BCUT2D eigenvalue weighted by Crippen LogP contribution is -2.57. The van der Waals surface area contributed by atoms with Crippen molar-refractivity contribution in [2.24, 2.45) is 5.92 Å². The molecule has 1 aliphatic heterocycles. The standard InChI is InChI=1S/C32H38N4O7/c1-19(2)25(28(39)42-31(3,4)5)33-29(40)35(36-26(37)22-14-9-10-15-23(22)27(36)38)18-20-17-34(30(41)43-32(6,7)8)24-16-12-11-13-21(20)24/h9-17,19,25H,18H2,1-8H3,(H,33,40). The number of carbonyl (C=O) groups is 5. The summed E-state index contributed by atoms with van der Waals surface area (Å²) in [5, 5.41) is 5.02. The normalized spacial score (nSPS) is 14.1. The van der Waals surface area contributed by atoms with E-state index in [0.717, 1.165) is 10.0 Å². The van der Waals surface area contributed by atoms with Crippen LogP contribution in [0.2, 0.25) is 0 Å². The summed E-state index contributed by atoms with van der Waals surface area (Å²) in [5.41, 5.74) is -0.291. The van der Waals surface area contributed by atoms with Crippen LogP contribution in [0.25, 0.3) is 10.9 Å². The molecule has 0 bridgehead atoms. The number of urea groups is 1. The van der Waals surface area contributed by atoms with Crippen molar-refractivity contribution in [2.75, 3.05) is 0 Å². The van der Waals surface area contributed by atoms with Gasteiger partial charge in [0.15, 0.2) is 0 Å². The number of benzene rings is 2. The second-order valence-corrected chi connectivity index (χ2v) is 12.8. The highest BCUT2D eigenvalue weighted by Gasteiger charge is 2.43. The fourth-order valence-corrected chi connectivity index (χ4v) is 4.70. The van der Waals surface area contributed by atoms with Crippen LogP contribution in [0.1, 0.15) is 81.7 Å². The topological polar surface area (TPSA) is 127 Å². The van der Waals surface area contributed by atoms with Crippen molar-refractivity contribution >= 4 is 40.8 Å². The predicted molar refractivity (Wildman–Crippen MR) is 159 cm³/mol. The maximum atomic E-state index is 14.0. The minimum absolute atomic E-state index is 0.147. The number of amides is 4. The molecule has 1 aromatic heterocycles. The van der Waals surface area contributed by atoms with E-state index in [9.17, 15) is 24.0 Å². The highest BCUT2D eigenvalue weighted by atomic mass is 16.6. The first-order valence-corrected chi connectivity index (χ1v) is 14.1. The van der Waals surface area contributed by atoms with Crippen LogP contribution in [0.15, 0.2) is 54.7 Å². The monoisotopic (exact) mass is 590 g/mol. The number of hydrogen-bond acceptors (Lipinski definition) is 7. The zero-order valence-electron chi connectivity index (χ0n) is 25.8. The summed E-state index contributed by atoms with van der Waals surface area (Å²) in [6.07, 6.45) is 0.891. The predicted octanol–water partition coefficient (Wildman–Crippen LogP) is 5.51. The Labute approximate surface area is 250 Å². The number of para-hydroxylation sites is 1. The average molecular weight is 591 g/mol. The molecule has 1 unspecified atom stereocenters. The third-order valence-corrected chi connectivity index (χ3v) is 6.56. The molecule has 11 heteroatoms. The highest BCUT2D eigenvalue weighted by Crippen LogP contribution is 2.29. The molecule has 0 spiro atoms. The van der Waals surface area contributed by atoms with Gasteiger partial charge < -0.3 is 14.8 Å². The second-order valence-electron chi connectivity index (χ2n) is 12.8. The van der Waals surface area contributed by atoms with Gasteiger partial charge in [-0.3, -0.25) is 14.2 Å². The number of rotatable bonds is 6. The molecule has 2 aromatic carbocycles. The van der Waals surface area contributed by atoms with Gasteiger partial charge in [-0.1, -0.05) is 44.2 Å². The van der Waals surface area contributed by atoms with Crippen molar-refractivity contribution in [1.29, 1.82) is 0 Å². The number of fused-ring (bicyclic) bond motifs is 2. The molecule has 1 atom stereocenters. The number of imide groups is 1. The molecule has 0 fully saturated rings. The Morgan fingerprint density at radius 1 is 0.837 bits per heavy atom. The number of nitrogens with one attached hydrogen (secondary N) is 1. The van der Waals surface area contributed by atoms with Crippen LogP contribution in [0.4, 0.5) is 9.59 Å². The summed E-state index contributed by atoms with van der Waals surface area (Å²) in [7, 11) is 0. The Morgan fingerprint density at radius 3 is 1.91 bits per heavy atom. The lowest BCUT2D eigenvalue weighted by Gasteiger charge is -2.33.